The van der Waals surface area contributed by atoms with Crippen LogP contribution < -0.4 is 15.6 Å². The van der Waals surface area contributed by atoms with Crippen LogP contribution >= 0.6 is 0 Å². The SMILES string of the molecule is CCNc1cc2c(cn1)c(-c1ccc(CN3CC[C@@H](N(C)C)C3)cc1)nn2C1CCC(Oc2ccc(=O)n(C)n2)CC1. The van der Waals surface area contributed by atoms with E-state index in [1.165, 1.54) is 22.7 Å². The van der Waals surface area contributed by atoms with E-state index < -0.39 is 0 Å². The summed E-state index contributed by atoms with van der Waals surface area (Å²) in [6.07, 6.45) is 6.97. The van der Waals surface area contributed by atoms with Crippen molar-refractivity contribution >= 4 is 16.7 Å². The largest absolute Gasteiger partial charge is 0.473 e. The first kappa shape index (κ1) is 28.4. The zero-order valence-electron chi connectivity index (χ0n) is 25.2. The summed E-state index contributed by atoms with van der Waals surface area (Å²) in [6, 6.07) is 15.1. The van der Waals surface area contributed by atoms with E-state index in [1.54, 1.807) is 13.1 Å². The number of aromatic nitrogens is 5. The number of fused-ring (bicyclic) bond motifs is 1. The van der Waals surface area contributed by atoms with E-state index in [0.29, 0.717) is 11.9 Å². The Bertz CT molecular complexity index is 1570. The molecule has 4 heterocycles. The van der Waals surface area contributed by atoms with E-state index in [1.807, 2.05) is 6.20 Å². The molecule has 1 atom stereocenters. The lowest BCUT2D eigenvalue weighted by molar-refractivity contribution is 0.123. The van der Waals surface area contributed by atoms with Crippen LogP contribution in [0.2, 0.25) is 0 Å². The molecule has 0 radical (unpaired) electrons. The Morgan fingerprint density at radius 2 is 1.81 bits per heavy atom. The van der Waals surface area contributed by atoms with Crippen molar-refractivity contribution in [1.29, 1.82) is 0 Å². The number of hydrogen-bond donors (Lipinski definition) is 1. The minimum atomic E-state index is -0.141. The summed E-state index contributed by atoms with van der Waals surface area (Å²) < 4.78 is 9.67. The van der Waals surface area contributed by atoms with Gasteiger partial charge in [0.15, 0.2) is 0 Å². The van der Waals surface area contributed by atoms with Crippen LogP contribution in [-0.2, 0) is 13.6 Å². The van der Waals surface area contributed by atoms with Crippen molar-refractivity contribution < 1.29 is 4.74 Å². The zero-order chi connectivity index (χ0) is 29.2. The van der Waals surface area contributed by atoms with Gasteiger partial charge in [-0.25, -0.2) is 9.67 Å². The Hall–Kier alpha value is -3.76. The fraction of sp³-hybridized carbons (Fsp3) is 0.500. The number of likely N-dealkylation sites (N-methyl/N-ethyl adjacent to an activating group) is 1. The molecule has 0 spiro atoms. The maximum Gasteiger partial charge on any atom is 0.266 e. The number of nitrogens with zero attached hydrogens (tertiary/aromatic N) is 7. The molecule has 1 saturated heterocycles. The number of benzene rings is 1. The normalized spacial score (nSPS) is 21.3. The number of ether oxygens (including phenoxy) is 1. The first-order chi connectivity index (χ1) is 20.4. The average Bonchev–Trinajstić information content (AvgIpc) is 3.61. The van der Waals surface area contributed by atoms with Gasteiger partial charge in [0.25, 0.3) is 5.56 Å². The highest BCUT2D eigenvalue weighted by molar-refractivity contribution is 5.94. The van der Waals surface area contributed by atoms with Gasteiger partial charge in [-0.3, -0.25) is 14.4 Å². The predicted octanol–water partition coefficient (Wildman–Crippen LogP) is 4.32. The number of likely N-dealkylation sites (tertiary alicyclic amines) is 1. The molecule has 1 N–H and O–H groups in total. The molecule has 0 amide bonds. The first-order valence-corrected chi connectivity index (χ1v) is 15.2. The molecule has 0 bridgehead atoms. The van der Waals surface area contributed by atoms with Gasteiger partial charge >= 0.3 is 0 Å². The maximum atomic E-state index is 11.7. The number of nitrogens with one attached hydrogen (secondary N) is 1. The fourth-order valence-corrected chi connectivity index (χ4v) is 6.33. The second-order valence-electron chi connectivity index (χ2n) is 11.9. The third-order valence-electron chi connectivity index (χ3n) is 8.77. The Morgan fingerprint density at radius 1 is 1.02 bits per heavy atom. The van der Waals surface area contributed by atoms with Crippen molar-refractivity contribution in [1.82, 2.24) is 34.3 Å². The van der Waals surface area contributed by atoms with Crippen molar-refractivity contribution in [2.75, 3.05) is 39.0 Å². The maximum absolute atomic E-state index is 11.7. The van der Waals surface area contributed by atoms with Crippen LogP contribution in [0.3, 0.4) is 0 Å². The monoisotopic (exact) mass is 570 g/mol. The summed E-state index contributed by atoms with van der Waals surface area (Å²) in [6.45, 7) is 6.15. The van der Waals surface area contributed by atoms with Gasteiger partial charge in [-0.15, -0.1) is 5.10 Å². The topological polar surface area (TPSA) is 93.3 Å². The van der Waals surface area contributed by atoms with Crippen LogP contribution in [0.4, 0.5) is 5.82 Å². The molecular formula is C32H42N8O2. The second kappa shape index (κ2) is 12.2. The molecule has 222 valence electrons. The highest BCUT2D eigenvalue weighted by Crippen LogP contribution is 2.36. The van der Waals surface area contributed by atoms with E-state index >= 15 is 0 Å². The van der Waals surface area contributed by atoms with Gasteiger partial charge < -0.3 is 15.0 Å². The van der Waals surface area contributed by atoms with Crippen LogP contribution in [0.5, 0.6) is 5.88 Å². The van der Waals surface area contributed by atoms with E-state index in [-0.39, 0.29) is 17.7 Å². The van der Waals surface area contributed by atoms with Gasteiger partial charge in [-0.05, 0) is 58.7 Å². The van der Waals surface area contributed by atoms with Gasteiger partial charge in [0.05, 0.1) is 11.6 Å². The number of pyridine rings is 1. The summed E-state index contributed by atoms with van der Waals surface area (Å²) in [5.74, 6) is 1.37. The van der Waals surface area contributed by atoms with Crippen LogP contribution in [0.15, 0.2) is 53.5 Å². The fourth-order valence-electron chi connectivity index (χ4n) is 6.33. The number of anilines is 1. The Labute approximate surface area is 247 Å². The Balaban J connectivity index is 1.20. The highest BCUT2D eigenvalue weighted by atomic mass is 16.5. The lowest BCUT2D eigenvalue weighted by Gasteiger charge is -2.29. The minimum absolute atomic E-state index is 0.0719. The molecule has 2 fully saturated rings. The summed E-state index contributed by atoms with van der Waals surface area (Å²) in [5.41, 5.74) is 4.40. The zero-order valence-corrected chi connectivity index (χ0v) is 25.2. The third-order valence-corrected chi connectivity index (χ3v) is 8.77. The lowest BCUT2D eigenvalue weighted by atomic mass is 9.93. The minimum Gasteiger partial charge on any atom is -0.473 e. The lowest BCUT2D eigenvalue weighted by Crippen LogP contribution is -2.31. The van der Waals surface area contributed by atoms with E-state index in [2.05, 4.69) is 76.2 Å². The van der Waals surface area contributed by atoms with Gasteiger partial charge in [-0.2, -0.15) is 5.10 Å². The van der Waals surface area contributed by atoms with Gasteiger partial charge in [0, 0.05) is 74.6 Å². The predicted molar refractivity (Wildman–Crippen MR) is 166 cm³/mol. The first-order valence-electron chi connectivity index (χ1n) is 15.2. The summed E-state index contributed by atoms with van der Waals surface area (Å²) in [4.78, 5) is 21.3. The van der Waals surface area contributed by atoms with Gasteiger partial charge in [0.1, 0.15) is 17.6 Å². The molecule has 2 aliphatic rings. The average molecular weight is 571 g/mol. The number of aryl methyl sites for hydroxylation is 1. The molecule has 0 unspecified atom stereocenters. The van der Waals surface area contributed by atoms with Crippen molar-refractivity contribution in [3.63, 3.8) is 0 Å². The Morgan fingerprint density at radius 3 is 2.50 bits per heavy atom. The molecule has 1 aromatic carbocycles. The van der Waals surface area contributed by atoms with Gasteiger partial charge in [-0.1, -0.05) is 24.3 Å². The summed E-state index contributed by atoms with van der Waals surface area (Å²) >= 11 is 0. The number of rotatable bonds is 9. The van der Waals surface area contributed by atoms with Crippen LogP contribution in [-0.4, -0.2) is 80.2 Å². The molecular weight excluding hydrogens is 528 g/mol. The molecule has 1 aliphatic heterocycles. The molecule has 4 aromatic rings. The highest BCUT2D eigenvalue weighted by Gasteiger charge is 2.28. The molecule has 10 nitrogen and oxygen atoms in total. The molecule has 1 aliphatic carbocycles. The molecule has 6 rings (SSSR count). The molecule has 42 heavy (non-hydrogen) atoms. The summed E-state index contributed by atoms with van der Waals surface area (Å²) in [7, 11) is 6.00. The standard InChI is InChI=1S/C32H42N8O2/c1-5-33-29-18-28-27(19-34-29)32(23-8-6-22(7-9-23)20-39-17-16-25(21-39)37(2)3)36-40(28)24-10-12-26(13-11-24)42-30-14-15-31(41)38(4)35-30/h6-9,14-15,18-19,24-26H,5,10-13,16-17,20-21H2,1-4H3,(H,33,34)/t24?,25-,26?/m1/s1. The molecule has 10 heteroatoms. The smallest absolute Gasteiger partial charge is 0.266 e. The van der Waals surface area contributed by atoms with Crippen LogP contribution in [0.1, 0.15) is 50.6 Å². The van der Waals surface area contributed by atoms with Crippen molar-refractivity contribution in [3.05, 3.63) is 64.6 Å². The van der Waals surface area contributed by atoms with E-state index in [4.69, 9.17) is 14.8 Å². The summed E-state index contributed by atoms with van der Waals surface area (Å²) in [5, 5.41) is 13.9. The van der Waals surface area contributed by atoms with E-state index in [9.17, 15) is 4.79 Å². The van der Waals surface area contributed by atoms with Gasteiger partial charge in [0.2, 0.25) is 5.88 Å². The quantitative estimate of drug-likeness (QED) is 0.318. The van der Waals surface area contributed by atoms with E-state index in [0.717, 1.165) is 79.8 Å². The second-order valence-corrected chi connectivity index (χ2v) is 11.9. The van der Waals surface area contributed by atoms with Crippen LogP contribution in [0.25, 0.3) is 22.2 Å². The molecule has 3 aromatic heterocycles. The van der Waals surface area contributed by atoms with Crippen molar-refractivity contribution in [3.8, 4) is 17.1 Å². The Kier molecular flexibility index (Phi) is 8.26. The van der Waals surface area contributed by atoms with Crippen molar-refractivity contribution in [2.24, 2.45) is 7.05 Å². The third kappa shape index (κ3) is 6.05. The van der Waals surface area contributed by atoms with Crippen LogP contribution in [0, 0.1) is 0 Å². The number of hydrogen-bond acceptors (Lipinski definition) is 8. The molecule has 1 saturated carbocycles. The van der Waals surface area contributed by atoms with Crippen molar-refractivity contribution in [2.45, 2.75) is 63.8 Å².